The van der Waals surface area contributed by atoms with Gasteiger partial charge in [-0.2, -0.15) is 5.10 Å². The van der Waals surface area contributed by atoms with Crippen molar-refractivity contribution in [2.45, 2.75) is 26.3 Å². The van der Waals surface area contributed by atoms with Gasteiger partial charge in [0, 0.05) is 52.9 Å². The van der Waals surface area contributed by atoms with Crippen molar-refractivity contribution in [2.24, 2.45) is 0 Å². The van der Waals surface area contributed by atoms with Gasteiger partial charge in [0.05, 0.1) is 12.1 Å². The number of anilines is 1. The summed E-state index contributed by atoms with van der Waals surface area (Å²) < 4.78 is 0. The van der Waals surface area contributed by atoms with E-state index in [0.29, 0.717) is 12.1 Å². The Labute approximate surface area is 154 Å². The molecule has 3 heterocycles. The molecular formula is C18H27N7O. The van der Waals surface area contributed by atoms with Crippen LogP contribution in [0.15, 0.2) is 18.3 Å². The number of carbonyl (C=O) groups is 1. The van der Waals surface area contributed by atoms with Crippen LogP contribution in [0.2, 0.25) is 0 Å². The molecule has 2 aromatic rings. The summed E-state index contributed by atoms with van der Waals surface area (Å²) in [5, 5.41) is 7.19. The second-order valence-electron chi connectivity index (χ2n) is 6.77. The number of hydrogen-bond donors (Lipinski definition) is 1. The summed E-state index contributed by atoms with van der Waals surface area (Å²) in [6.45, 7) is 6.04. The molecule has 1 N–H and O–H groups in total. The molecule has 1 aliphatic heterocycles. The molecule has 1 amide bonds. The van der Waals surface area contributed by atoms with E-state index in [4.69, 9.17) is 0 Å². The maximum Gasteiger partial charge on any atom is 0.255 e. The number of H-pyrrole nitrogens is 1. The first-order chi connectivity index (χ1) is 12.6. The molecule has 0 saturated carbocycles. The van der Waals surface area contributed by atoms with Crippen LogP contribution in [-0.2, 0) is 13.0 Å². The molecule has 3 rings (SSSR count). The van der Waals surface area contributed by atoms with E-state index in [9.17, 15) is 4.79 Å². The molecular weight excluding hydrogens is 330 g/mol. The maximum atomic E-state index is 12.8. The third-order valence-corrected chi connectivity index (χ3v) is 4.60. The molecule has 1 fully saturated rings. The SMILES string of the molecule is CCc1n[nH]c(CN2CCCN(C(=O)c3ccc(N(C)C)nc3)CC2)n1. The van der Waals surface area contributed by atoms with Gasteiger partial charge in [-0.15, -0.1) is 0 Å². The first-order valence-electron chi connectivity index (χ1n) is 9.12. The van der Waals surface area contributed by atoms with Crippen molar-refractivity contribution in [1.82, 2.24) is 30.0 Å². The normalized spacial score (nSPS) is 15.7. The lowest BCUT2D eigenvalue weighted by molar-refractivity contribution is 0.0760. The van der Waals surface area contributed by atoms with Gasteiger partial charge < -0.3 is 9.80 Å². The third kappa shape index (κ3) is 4.37. The van der Waals surface area contributed by atoms with Crippen LogP contribution in [-0.4, -0.2) is 76.1 Å². The number of amides is 1. The number of aryl methyl sites for hydroxylation is 1. The van der Waals surface area contributed by atoms with Crippen molar-refractivity contribution < 1.29 is 4.79 Å². The van der Waals surface area contributed by atoms with Gasteiger partial charge in [0.15, 0.2) is 0 Å². The monoisotopic (exact) mass is 357 g/mol. The van der Waals surface area contributed by atoms with E-state index in [-0.39, 0.29) is 5.91 Å². The minimum absolute atomic E-state index is 0.0533. The Morgan fingerprint density at radius 3 is 2.73 bits per heavy atom. The molecule has 1 aliphatic rings. The van der Waals surface area contributed by atoms with Crippen LogP contribution in [0.4, 0.5) is 5.82 Å². The Kier molecular flexibility index (Phi) is 5.82. The zero-order valence-corrected chi connectivity index (χ0v) is 15.8. The molecule has 8 heteroatoms. The Balaban J connectivity index is 1.58. The second kappa shape index (κ2) is 8.27. The Morgan fingerprint density at radius 2 is 2.08 bits per heavy atom. The van der Waals surface area contributed by atoms with E-state index in [0.717, 1.165) is 56.5 Å². The molecule has 0 unspecified atom stereocenters. The smallest absolute Gasteiger partial charge is 0.255 e. The van der Waals surface area contributed by atoms with Crippen molar-refractivity contribution in [3.63, 3.8) is 0 Å². The number of pyridine rings is 1. The molecule has 1 saturated heterocycles. The predicted octanol–water partition coefficient (Wildman–Crippen LogP) is 1.18. The Bertz CT molecular complexity index is 725. The fraction of sp³-hybridized carbons (Fsp3) is 0.556. The number of aromatic nitrogens is 4. The van der Waals surface area contributed by atoms with Gasteiger partial charge in [0.1, 0.15) is 17.5 Å². The molecule has 0 aliphatic carbocycles. The van der Waals surface area contributed by atoms with E-state index >= 15 is 0 Å². The van der Waals surface area contributed by atoms with Gasteiger partial charge in [-0.05, 0) is 18.6 Å². The fourth-order valence-corrected chi connectivity index (χ4v) is 3.07. The van der Waals surface area contributed by atoms with Crippen LogP contribution in [0.25, 0.3) is 0 Å². The van der Waals surface area contributed by atoms with E-state index < -0.39 is 0 Å². The zero-order chi connectivity index (χ0) is 18.5. The average Bonchev–Trinajstić information content (AvgIpc) is 2.98. The molecule has 0 radical (unpaired) electrons. The molecule has 0 aromatic carbocycles. The number of aromatic amines is 1. The maximum absolute atomic E-state index is 12.8. The van der Waals surface area contributed by atoms with Crippen LogP contribution in [0.5, 0.6) is 0 Å². The highest BCUT2D eigenvalue weighted by molar-refractivity contribution is 5.94. The van der Waals surface area contributed by atoms with Gasteiger partial charge in [0.25, 0.3) is 5.91 Å². The van der Waals surface area contributed by atoms with Crippen molar-refractivity contribution >= 4 is 11.7 Å². The topological polar surface area (TPSA) is 81.3 Å². The predicted molar refractivity (Wildman–Crippen MR) is 100 cm³/mol. The van der Waals surface area contributed by atoms with E-state index in [1.54, 1.807) is 6.20 Å². The standard InChI is InChI=1S/C18H27N7O/c1-4-15-20-16(22-21-15)13-24-8-5-9-25(11-10-24)18(26)14-6-7-17(19-12-14)23(2)3/h6-7,12H,4-5,8-11,13H2,1-3H3,(H,20,21,22). The third-order valence-electron chi connectivity index (χ3n) is 4.60. The summed E-state index contributed by atoms with van der Waals surface area (Å²) in [4.78, 5) is 27.8. The minimum Gasteiger partial charge on any atom is -0.363 e. The summed E-state index contributed by atoms with van der Waals surface area (Å²) in [6.07, 6.45) is 3.45. The van der Waals surface area contributed by atoms with Crippen molar-refractivity contribution in [3.8, 4) is 0 Å². The Hall–Kier alpha value is -2.48. The van der Waals surface area contributed by atoms with Crippen molar-refractivity contribution in [1.29, 1.82) is 0 Å². The highest BCUT2D eigenvalue weighted by Crippen LogP contribution is 2.13. The van der Waals surface area contributed by atoms with Crippen LogP contribution >= 0.6 is 0 Å². The second-order valence-corrected chi connectivity index (χ2v) is 6.77. The summed E-state index contributed by atoms with van der Waals surface area (Å²) in [7, 11) is 3.87. The molecule has 26 heavy (non-hydrogen) atoms. The van der Waals surface area contributed by atoms with Crippen molar-refractivity contribution in [3.05, 3.63) is 35.5 Å². The summed E-state index contributed by atoms with van der Waals surface area (Å²) in [5.41, 5.74) is 0.645. The van der Waals surface area contributed by atoms with Gasteiger partial charge in [-0.3, -0.25) is 14.8 Å². The molecule has 0 atom stereocenters. The first kappa shape index (κ1) is 18.3. The summed E-state index contributed by atoms with van der Waals surface area (Å²) in [6, 6.07) is 3.74. The number of nitrogens with zero attached hydrogens (tertiary/aromatic N) is 6. The van der Waals surface area contributed by atoms with Gasteiger partial charge >= 0.3 is 0 Å². The summed E-state index contributed by atoms with van der Waals surface area (Å²) in [5.74, 6) is 2.64. The lowest BCUT2D eigenvalue weighted by Gasteiger charge is -2.21. The van der Waals surface area contributed by atoms with E-state index in [2.05, 4.69) is 25.1 Å². The fourth-order valence-electron chi connectivity index (χ4n) is 3.07. The average molecular weight is 357 g/mol. The lowest BCUT2D eigenvalue weighted by Crippen LogP contribution is -2.35. The minimum atomic E-state index is 0.0533. The number of rotatable bonds is 5. The molecule has 2 aromatic heterocycles. The van der Waals surface area contributed by atoms with Crippen molar-refractivity contribution in [2.75, 3.05) is 45.2 Å². The van der Waals surface area contributed by atoms with Crippen LogP contribution in [0, 0.1) is 0 Å². The number of carbonyl (C=O) groups excluding carboxylic acids is 1. The first-order valence-corrected chi connectivity index (χ1v) is 9.12. The molecule has 8 nitrogen and oxygen atoms in total. The number of nitrogens with one attached hydrogen (secondary N) is 1. The van der Waals surface area contributed by atoms with E-state index in [1.807, 2.05) is 43.0 Å². The largest absolute Gasteiger partial charge is 0.363 e. The molecule has 140 valence electrons. The summed E-state index contributed by atoms with van der Waals surface area (Å²) >= 11 is 0. The Morgan fingerprint density at radius 1 is 1.23 bits per heavy atom. The van der Waals surface area contributed by atoms with Gasteiger partial charge in [-0.1, -0.05) is 6.92 Å². The van der Waals surface area contributed by atoms with Crippen LogP contribution in [0.1, 0.15) is 35.4 Å². The van der Waals surface area contributed by atoms with Gasteiger partial charge in [0.2, 0.25) is 0 Å². The highest BCUT2D eigenvalue weighted by atomic mass is 16.2. The quantitative estimate of drug-likeness (QED) is 0.865. The van der Waals surface area contributed by atoms with Crippen LogP contribution < -0.4 is 4.90 Å². The zero-order valence-electron chi connectivity index (χ0n) is 15.8. The number of hydrogen-bond acceptors (Lipinski definition) is 6. The van der Waals surface area contributed by atoms with E-state index in [1.165, 1.54) is 0 Å². The lowest BCUT2D eigenvalue weighted by atomic mass is 10.2. The van der Waals surface area contributed by atoms with Crippen LogP contribution in [0.3, 0.4) is 0 Å². The molecule has 0 spiro atoms. The molecule has 0 bridgehead atoms. The van der Waals surface area contributed by atoms with Gasteiger partial charge in [-0.25, -0.2) is 9.97 Å². The highest BCUT2D eigenvalue weighted by Gasteiger charge is 2.21.